The molecular weight excluding hydrogens is 960 g/mol. The number of aromatic amines is 1. The number of aryl methyl sites for hydroxylation is 2. The molecule has 0 atom stereocenters. The van der Waals surface area contributed by atoms with Gasteiger partial charge in [-0.1, -0.05) is 0 Å². The highest BCUT2D eigenvalue weighted by molar-refractivity contribution is 14.1. The van der Waals surface area contributed by atoms with Crippen molar-refractivity contribution in [3.05, 3.63) is 68.3 Å². The van der Waals surface area contributed by atoms with Crippen molar-refractivity contribution in [2.45, 2.75) is 79.1 Å². The highest BCUT2D eigenvalue weighted by atomic mass is 127. The molecule has 6 heterocycles. The van der Waals surface area contributed by atoms with Gasteiger partial charge in [-0.25, -0.2) is 37.7 Å². The van der Waals surface area contributed by atoms with E-state index in [0.717, 1.165) is 9.13 Å². The summed E-state index contributed by atoms with van der Waals surface area (Å²) in [7, 11) is 3.56. The lowest BCUT2D eigenvalue weighted by Crippen LogP contribution is -2.29. The highest BCUT2D eigenvalue weighted by Gasteiger charge is 2.26. The number of halogens is 4. The summed E-state index contributed by atoms with van der Waals surface area (Å²) in [6.07, 6.45) is 10.2. The summed E-state index contributed by atoms with van der Waals surface area (Å²) in [5, 5.41) is 8.92. The number of aromatic nitrogens is 8. The Labute approximate surface area is 348 Å². The molecule has 300 valence electrons. The van der Waals surface area contributed by atoms with E-state index in [9.17, 15) is 23.2 Å². The van der Waals surface area contributed by atoms with Crippen LogP contribution in [0.2, 0.25) is 0 Å². The van der Waals surface area contributed by atoms with Gasteiger partial charge in [0.05, 0.1) is 23.2 Å². The first kappa shape index (κ1) is 44.0. The van der Waals surface area contributed by atoms with E-state index in [1.54, 1.807) is 117 Å². The Balaban J connectivity index is 0.000000194. The number of nitrogens with one attached hydrogen (secondary N) is 1. The van der Waals surface area contributed by atoms with E-state index < -0.39 is 41.0 Å². The lowest BCUT2D eigenvalue weighted by Gasteiger charge is -2.20. The predicted octanol–water partition coefficient (Wildman–Crippen LogP) is 9.54. The van der Waals surface area contributed by atoms with Crippen LogP contribution in [0.1, 0.15) is 62.3 Å². The summed E-state index contributed by atoms with van der Waals surface area (Å²) in [5.74, 6) is -0.687. The first-order valence-electron chi connectivity index (χ1n) is 16.8. The number of nitrogens with zero attached hydrogens (tertiary/aromatic N) is 7. The second-order valence-corrected chi connectivity index (χ2v) is 17.5. The third-order valence-corrected chi connectivity index (χ3v) is 8.53. The van der Waals surface area contributed by atoms with Crippen LogP contribution in [0, 0.1) is 18.8 Å². The zero-order valence-electron chi connectivity index (χ0n) is 32.6. The maximum Gasteiger partial charge on any atom is 0.519 e. The number of pyridine rings is 2. The fourth-order valence-electron chi connectivity index (χ4n) is 4.72. The molecule has 0 spiro atoms. The molecule has 19 heteroatoms. The number of rotatable bonds is 2. The first-order chi connectivity index (χ1) is 25.8. The van der Waals surface area contributed by atoms with Crippen molar-refractivity contribution < 1.29 is 42.1 Å². The van der Waals surface area contributed by atoms with Crippen molar-refractivity contribution >= 4 is 85.7 Å². The third-order valence-electron chi connectivity index (χ3n) is 6.86. The van der Waals surface area contributed by atoms with Crippen molar-refractivity contribution in [3.63, 3.8) is 0 Å². The predicted molar refractivity (Wildman–Crippen MR) is 221 cm³/mol. The van der Waals surface area contributed by atoms with Gasteiger partial charge < -0.3 is 23.9 Å². The average molecular weight is 1000 g/mol. The van der Waals surface area contributed by atoms with Crippen LogP contribution in [-0.2, 0) is 33.0 Å². The molecular formula is C37H42F2I2N8O7. The van der Waals surface area contributed by atoms with Crippen LogP contribution < -0.4 is 0 Å². The standard InChI is InChI=1S/C16H16FIN4O2.C11H8FIN4.C10H18O5/c1-16(2,3)24-15(23)22-8-11(18)12-13(17)10(6-19-14(12)22)9-5-20-21(4)7-9;1-17-5-6(2-16-17)7-3-14-11-9(10(7)12)8(13)4-15-11;1-9(2,3)14-7(11)13-8(12)15-10(4,5)6/h5-8H,1-4H3;2-5H,1H3,(H,14,15);1-6H3. The molecule has 0 aliphatic rings. The van der Waals surface area contributed by atoms with Crippen LogP contribution in [0.25, 0.3) is 44.3 Å². The number of fused-ring (bicyclic) bond motifs is 2. The molecule has 0 saturated carbocycles. The second-order valence-electron chi connectivity index (χ2n) is 15.2. The molecule has 6 aromatic rings. The minimum absolute atomic E-state index is 0.235. The summed E-state index contributed by atoms with van der Waals surface area (Å²) in [6, 6.07) is 0. The van der Waals surface area contributed by atoms with E-state index in [0.29, 0.717) is 36.7 Å². The molecule has 0 bridgehead atoms. The van der Waals surface area contributed by atoms with Crippen LogP contribution >= 0.6 is 45.2 Å². The Hall–Kier alpha value is -4.67. The molecule has 0 saturated heterocycles. The van der Waals surface area contributed by atoms with Crippen LogP contribution in [0.15, 0.2) is 49.6 Å². The third kappa shape index (κ3) is 11.7. The summed E-state index contributed by atoms with van der Waals surface area (Å²) >= 11 is 4.08. The maximum absolute atomic E-state index is 15.0. The van der Waals surface area contributed by atoms with Crippen LogP contribution in [0.5, 0.6) is 0 Å². The van der Waals surface area contributed by atoms with Gasteiger partial charge in [-0.15, -0.1) is 0 Å². The van der Waals surface area contributed by atoms with Gasteiger partial charge in [-0.2, -0.15) is 10.2 Å². The lowest BCUT2D eigenvalue weighted by atomic mass is 10.1. The van der Waals surface area contributed by atoms with Gasteiger partial charge in [0, 0.05) is 80.7 Å². The topological polar surface area (TPSA) is 170 Å². The van der Waals surface area contributed by atoms with Crippen molar-refractivity contribution in [3.8, 4) is 22.3 Å². The Bertz CT molecular complexity index is 2360. The van der Waals surface area contributed by atoms with Crippen molar-refractivity contribution in [2.24, 2.45) is 14.1 Å². The molecule has 15 nitrogen and oxygen atoms in total. The minimum Gasteiger partial charge on any atom is -0.443 e. The number of H-pyrrole nitrogens is 1. The van der Waals surface area contributed by atoms with Gasteiger partial charge in [0.2, 0.25) is 0 Å². The lowest BCUT2D eigenvalue weighted by molar-refractivity contribution is -0.0294. The van der Waals surface area contributed by atoms with Crippen LogP contribution in [0.3, 0.4) is 0 Å². The van der Waals surface area contributed by atoms with E-state index in [2.05, 4.69) is 52.5 Å². The molecule has 1 N–H and O–H groups in total. The quantitative estimate of drug-likeness (QED) is 0.0759. The molecule has 0 amide bonds. The molecule has 0 aliphatic carbocycles. The summed E-state index contributed by atoms with van der Waals surface area (Å²) in [6.45, 7) is 15.3. The van der Waals surface area contributed by atoms with Gasteiger partial charge >= 0.3 is 18.4 Å². The van der Waals surface area contributed by atoms with Gasteiger partial charge in [-0.05, 0) is 107 Å². The molecule has 6 aromatic heterocycles. The Morgan fingerprint density at radius 3 is 1.57 bits per heavy atom. The van der Waals surface area contributed by atoms with E-state index in [4.69, 9.17) is 14.2 Å². The number of hydrogen-bond donors (Lipinski definition) is 1. The largest absolute Gasteiger partial charge is 0.519 e. The SMILES string of the molecule is CC(C)(C)OC(=O)OC(=O)OC(C)(C)C.Cn1cc(-c2cnc3[nH]cc(I)c3c2F)cn1.Cn1cc(-c2cnc3c(c(I)cn3C(=O)OC(C)(C)C)c2F)cn1. The molecule has 0 fully saturated rings. The van der Waals surface area contributed by atoms with E-state index in [1.165, 1.54) is 23.2 Å². The first-order valence-corrected chi connectivity index (χ1v) is 19.0. The number of ether oxygens (including phenoxy) is 4. The van der Waals surface area contributed by atoms with E-state index in [-0.39, 0.29) is 11.5 Å². The number of hydrogen-bond acceptors (Lipinski definition) is 11. The highest BCUT2D eigenvalue weighted by Crippen LogP contribution is 2.32. The van der Waals surface area contributed by atoms with Gasteiger partial charge in [0.15, 0.2) is 5.65 Å². The van der Waals surface area contributed by atoms with Crippen LogP contribution in [-0.4, -0.2) is 74.3 Å². The maximum atomic E-state index is 15.0. The fourth-order valence-corrected chi connectivity index (χ4v) is 6.12. The van der Waals surface area contributed by atoms with Gasteiger partial charge in [0.25, 0.3) is 0 Å². The Kier molecular flexibility index (Phi) is 13.5. The van der Waals surface area contributed by atoms with Crippen molar-refractivity contribution in [1.29, 1.82) is 0 Å². The normalized spacial score (nSPS) is 11.7. The Morgan fingerprint density at radius 1 is 0.661 bits per heavy atom. The summed E-state index contributed by atoms with van der Waals surface area (Å²) in [5.41, 5.74) is 0.949. The second kappa shape index (κ2) is 17.2. The molecule has 0 aromatic carbocycles. The van der Waals surface area contributed by atoms with Crippen molar-refractivity contribution in [1.82, 2.24) is 39.1 Å². The molecule has 0 aliphatic heterocycles. The van der Waals surface area contributed by atoms with Gasteiger partial charge in [-0.3, -0.25) is 9.36 Å². The molecule has 0 radical (unpaired) electrons. The molecule has 0 unspecified atom stereocenters. The van der Waals surface area contributed by atoms with Gasteiger partial charge in [0.1, 0.15) is 34.1 Å². The Morgan fingerprint density at radius 2 is 1.12 bits per heavy atom. The zero-order chi connectivity index (χ0) is 41.9. The van der Waals surface area contributed by atoms with E-state index in [1.807, 2.05) is 22.6 Å². The summed E-state index contributed by atoms with van der Waals surface area (Å²) in [4.78, 5) is 45.8. The summed E-state index contributed by atoms with van der Waals surface area (Å²) < 4.78 is 54.4. The van der Waals surface area contributed by atoms with Crippen molar-refractivity contribution in [2.75, 3.05) is 0 Å². The van der Waals surface area contributed by atoms with E-state index >= 15 is 0 Å². The number of carbonyl (C=O) groups excluding carboxylic acids is 3. The number of carbonyl (C=O) groups is 3. The zero-order valence-corrected chi connectivity index (χ0v) is 36.9. The molecule has 6 rings (SSSR count). The average Bonchev–Trinajstić information content (AvgIpc) is 3.83. The minimum atomic E-state index is -1.06. The van der Waals surface area contributed by atoms with Crippen LogP contribution in [0.4, 0.5) is 23.2 Å². The fraction of sp³-hybridized carbons (Fsp3) is 0.378. The monoisotopic (exact) mass is 1000 g/mol. The molecule has 56 heavy (non-hydrogen) atoms. The smallest absolute Gasteiger partial charge is 0.443 e.